The molecular weight excluding hydrogens is 442 g/mol. The summed E-state index contributed by atoms with van der Waals surface area (Å²) in [6.45, 7) is 0.0620. The maximum absolute atomic E-state index is 14.7. The van der Waals surface area contributed by atoms with Crippen molar-refractivity contribution in [3.05, 3.63) is 71.6 Å². The van der Waals surface area contributed by atoms with Crippen LogP contribution in [0.1, 0.15) is 28.8 Å². The van der Waals surface area contributed by atoms with Gasteiger partial charge in [-0.3, -0.25) is 4.31 Å². The summed E-state index contributed by atoms with van der Waals surface area (Å²) in [6.07, 6.45) is 6.59. The van der Waals surface area contributed by atoms with Crippen molar-refractivity contribution in [3.63, 3.8) is 0 Å². The predicted molar refractivity (Wildman–Crippen MR) is 113 cm³/mol. The minimum Gasteiger partial charge on any atom is -0.467 e. The molecule has 0 saturated carbocycles. The fourth-order valence-electron chi connectivity index (χ4n) is 2.89. The molecule has 4 rings (SSSR count). The van der Waals surface area contributed by atoms with Crippen LogP contribution in [0.5, 0.6) is 5.88 Å². The molecule has 0 bridgehead atoms. The second-order valence-electron chi connectivity index (χ2n) is 6.72. The molecule has 0 spiro atoms. The first-order valence-corrected chi connectivity index (χ1v) is 10.6. The van der Waals surface area contributed by atoms with Crippen LogP contribution in [0.2, 0.25) is 0 Å². The molecule has 32 heavy (non-hydrogen) atoms. The SMILES string of the molecule is CN1C(N)=NC(c2cc(/C=C(\F)c3cnc(OCc4ncco4)cn3)ccc2F)CS1=O. The molecular formula is C20H18F2N6O3S. The van der Waals surface area contributed by atoms with E-state index < -0.39 is 28.7 Å². The van der Waals surface area contributed by atoms with E-state index in [1.807, 2.05) is 0 Å². The molecule has 166 valence electrons. The Kier molecular flexibility index (Phi) is 6.21. The maximum Gasteiger partial charge on any atom is 0.232 e. The van der Waals surface area contributed by atoms with Gasteiger partial charge in [0.25, 0.3) is 0 Å². The van der Waals surface area contributed by atoms with Crippen molar-refractivity contribution in [2.24, 2.45) is 10.7 Å². The van der Waals surface area contributed by atoms with Gasteiger partial charge in [-0.15, -0.1) is 0 Å². The maximum atomic E-state index is 14.7. The molecule has 0 fully saturated rings. The number of oxazole rings is 1. The fraction of sp³-hybridized carbons (Fsp3) is 0.200. The summed E-state index contributed by atoms with van der Waals surface area (Å²) in [5, 5.41) is 0. The lowest BCUT2D eigenvalue weighted by atomic mass is 10.0. The minimum atomic E-state index is -1.43. The van der Waals surface area contributed by atoms with Crippen LogP contribution in [0.15, 0.2) is 52.5 Å². The number of benzene rings is 1. The molecule has 0 saturated heterocycles. The van der Waals surface area contributed by atoms with Crippen LogP contribution in [0.3, 0.4) is 0 Å². The molecule has 12 heteroatoms. The predicted octanol–water partition coefficient (Wildman–Crippen LogP) is 2.62. The highest BCUT2D eigenvalue weighted by atomic mass is 32.2. The van der Waals surface area contributed by atoms with Crippen LogP contribution >= 0.6 is 0 Å². The van der Waals surface area contributed by atoms with Gasteiger partial charge in [-0.25, -0.2) is 32.9 Å². The third kappa shape index (κ3) is 4.80. The molecule has 2 atom stereocenters. The highest BCUT2D eigenvalue weighted by molar-refractivity contribution is 7.83. The summed E-state index contributed by atoms with van der Waals surface area (Å²) in [6, 6.07) is 3.33. The summed E-state index contributed by atoms with van der Waals surface area (Å²) in [4.78, 5) is 16.1. The number of halogens is 2. The number of aromatic nitrogens is 3. The first-order chi connectivity index (χ1) is 15.4. The average Bonchev–Trinajstić information content (AvgIpc) is 3.31. The molecule has 1 aliphatic heterocycles. The Morgan fingerprint density at radius 2 is 2.22 bits per heavy atom. The van der Waals surface area contributed by atoms with E-state index in [1.165, 1.54) is 53.4 Å². The Bertz CT molecular complexity index is 1180. The zero-order chi connectivity index (χ0) is 22.7. The molecule has 2 unspecified atom stereocenters. The summed E-state index contributed by atoms with van der Waals surface area (Å²) < 4.78 is 53.0. The first-order valence-electron chi connectivity index (χ1n) is 9.36. The van der Waals surface area contributed by atoms with Crippen molar-refractivity contribution >= 4 is 28.8 Å². The van der Waals surface area contributed by atoms with E-state index in [-0.39, 0.29) is 35.5 Å². The van der Waals surface area contributed by atoms with Gasteiger partial charge in [0.05, 0.1) is 30.4 Å². The van der Waals surface area contributed by atoms with Crippen LogP contribution in [0.4, 0.5) is 8.78 Å². The van der Waals surface area contributed by atoms with Crippen molar-refractivity contribution in [3.8, 4) is 5.88 Å². The molecule has 0 radical (unpaired) electrons. The van der Waals surface area contributed by atoms with E-state index >= 15 is 0 Å². The molecule has 1 aromatic carbocycles. The monoisotopic (exact) mass is 460 g/mol. The van der Waals surface area contributed by atoms with Crippen molar-refractivity contribution in [1.82, 2.24) is 19.3 Å². The van der Waals surface area contributed by atoms with Crippen LogP contribution in [-0.4, -0.2) is 42.2 Å². The van der Waals surface area contributed by atoms with Gasteiger partial charge in [0.2, 0.25) is 17.7 Å². The number of aliphatic imine (C=N–C) groups is 1. The Labute approximate surface area is 184 Å². The van der Waals surface area contributed by atoms with Crippen molar-refractivity contribution in [2.45, 2.75) is 12.6 Å². The van der Waals surface area contributed by atoms with Gasteiger partial charge in [0.1, 0.15) is 28.8 Å². The van der Waals surface area contributed by atoms with Crippen LogP contribution < -0.4 is 10.5 Å². The third-order valence-electron chi connectivity index (χ3n) is 4.59. The molecule has 0 amide bonds. The number of hydrogen-bond acceptors (Lipinski definition) is 8. The number of rotatable bonds is 6. The summed E-state index contributed by atoms with van der Waals surface area (Å²) in [5.74, 6) is -0.554. The van der Waals surface area contributed by atoms with Gasteiger partial charge in [0, 0.05) is 12.6 Å². The summed E-state index contributed by atoms with van der Waals surface area (Å²) in [7, 11) is 0.109. The second-order valence-corrected chi connectivity index (χ2v) is 8.24. The largest absolute Gasteiger partial charge is 0.467 e. The zero-order valence-electron chi connectivity index (χ0n) is 16.8. The molecule has 1 aliphatic rings. The van der Waals surface area contributed by atoms with E-state index in [4.69, 9.17) is 14.9 Å². The zero-order valence-corrected chi connectivity index (χ0v) is 17.6. The number of hydrogen-bond donors (Lipinski definition) is 1. The van der Waals surface area contributed by atoms with Gasteiger partial charge in [-0.05, 0) is 23.8 Å². The standard InChI is InChI=1S/C20H18F2N6O3S/c1-28-20(23)27-17(11-32(28)29)13-6-12(2-3-14(13)21)7-15(22)16-8-26-18(9-25-16)31-10-19-24-4-5-30-19/h2-9,17H,10-11H2,1H3,(H2,23,27)/b15-7-. The lowest BCUT2D eigenvalue weighted by molar-refractivity contribution is 0.252. The van der Waals surface area contributed by atoms with Crippen molar-refractivity contribution in [1.29, 1.82) is 0 Å². The Balaban J connectivity index is 1.51. The fourth-order valence-corrected chi connectivity index (χ4v) is 3.89. The quantitative estimate of drug-likeness (QED) is 0.600. The smallest absolute Gasteiger partial charge is 0.232 e. The number of nitrogens with two attached hydrogens (primary N) is 1. The van der Waals surface area contributed by atoms with E-state index in [1.54, 1.807) is 7.05 Å². The first kappa shape index (κ1) is 21.6. The van der Waals surface area contributed by atoms with Gasteiger partial charge < -0.3 is 14.9 Å². The Morgan fingerprint density at radius 3 is 2.91 bits per heavy atom. The molecule has 0 aliphatic carbocycles. The summed E-state index contributed by atoms with van der Waals surface area (Å²) >= 11 is 0. The van der Waals surface area contributed by atoms with E-state index in [0.29, 0.717) is 11.5 Å². The molecule has 3 heterocycles. The van der Waals surface area contributed by atoms with Gasteiger partial charge in [-0.1, -0.05) is 6.07 Å². The lowest BCUT2D eigenvalue weighted by Gasteiger charge is -2.26. The average molecular weight is 460 g/mol. The minimum absolute atomic E-state index is 0.0259. The van der Waals surface area contributed by atoms with Gasteiger partial charge in [0.15, 0.2) is 12.4 Å². The van der Waals surface area contributed by atoms with Crippen LogP contribution in [0, 0.1) is 5.82 Å². The number of nitrogens with zero attached hydrogens (tertiary/aromatic N) is 5. The van der Waals surface area contributed by atoms with E-state index in [0.717, 1.165) is 0 Å². The molecule has 2 aromatic heterocycles. The van der Waals surface area contributed by atoms with Gasteiger partial charge >= 0.3 is 0 Å². The topological polar surface area (TPSA) is 120 Å². The lowest BCUT2D eigenvalue weighted by Crippen LogP contribution is -2.41. The number of ether oxygens (including phenoxy) is 1. The van der Waals surface area contributed by atoms with Crippen LogP contribution in [-0.2, 0) is 17.6 Å². The molecule has 2 N–H and O–H groups in total. The van der Waals surface area contributed by atoms with Crippen molar-refractivity contribution < 1.29 is 22.1 Å². The van der Waals surface area contributed by atoms with E-state index in [9.17, 15) is 13.0 Å². The molecule has 3 aromatic rings. The number of guanidine groups is 1. The normalized spacial score (nSPS) is 19.0. The molecule has 9 nitrogen and oxygen atoms in total. The summed E-state index contributed by atoms with van der Waals surface area (Å²) in [5.41, 5.74) is 6.29. The third-order valence-corrected chi connectivity index (χ3v) is 5.99. The highest BCUT2D eigenvalue weighted by Crippen LogP contribution is 2.28. The van der Waals surface area contributed by atoms with Gasteiger partial charge in [-0.2, -0.15) is 0 Å². The Hall–Kier alpha value is -3.67. The Morgan fingerprint density at radius 1 is 1.38 bits per heavy atom. The van der Waals surface area contributed by atoms with E-state index in [2.05, 4.69) is 19.9 Å². The van der Waals surface area contributed by atoms with Crippen LogP contribution in [0.25, 0.3) is 11.9 Å². The van der Waals surface area contributed by atoms with Crippen molar-refractivity contribution in [2.75, 3.05) is 12.8 Å². The second kappa shape index (κ2) is 9.22. The highest BCUT2D eigenvalue weighted by Gasteiger charge is 2.26.